The largest absolute Gasteiger partial charge is 0.494 e. The molecule has 4 nitrogen and oxygen atoms in total. The Labute approximate surface area is 114 Å². The van der Waals surface area contributed by atoms with E-state index >= 15 is 0 Å². The fourth-order valence-corrected chi connectivity index (χ4v) is 1.84. The maximum atomic E-state index is 5.58. The summed E-state index contributed by atoms with van der Waals surface area (Å²) in [6, 6.07) is 8.58. The molecule has 4 heteroatoms. The van der Waals surface area contributed by atoms with E-state index in [-0.39, 0.29) is 0 Å². The Morgan fingerprint density at radius 2 is 2.11 bits per heavy atom. The quantitative estimate of drug-likeness (QED) is 0.803. The minimum Gasteiger partial charge on any atom is -0.494 e. The fraction of sp³-hybridized carbons (Fsp3) is 0.400. The van der Waals surface area contributed by atoms with E-state index in [1.807, 2.05) is 24.5 Å². The molecule has 19 heavy (non-hydrogen) atoms. The lowest BCUT2D eigenvalue weighted by Crippen LogP contribution is -2.17. The second kappa shape index (κ2) is 6.95. The summed E-state index contributed by atoms with van der Waals surface area (Å²) in [7, 11) is 0. The van der Waals surface area contributed by atoms with Crippen molar-refractivity contribution in [3.63, 3.8) is 0 Å². The summed E-state index contributed by atoms with van der Waals surface area (Å²) in [5.41, 5.74) is 2.42. The van der Waals surface area contributed by atoms with Crippen molar-refractivity contribution in [3.05, 3.63) is 47.8 Å². The van der Waals surface area contributed by atoms with Gasteiger partial charge in [0.25, 0.3) is 0 Å². The topological polar surface area (TPSA) is 49.9 Å². The van der Waals surface area contributed by atoms with Gasteiger partial charge in [-0.2, -0.15) is 5.10 Å². The average molecular weight is 259 g/mol. The van der Waals surface area contributed by atoms with Gasteiger partial charge in [-0.25, -0.2) is 0 Å². The van der Waals surface area contributed by atoms with Crippen LogP contribution in [-0.4, -0.2) is 16.8 Å². The van der Waals surface area contributed by atoms with Crippen molar-refractivity contribution in [2.75, 3.05) is 6.61 Å². The van der Waals surface area contributed by atoms with Crippen LogP contribution in [0.3, 0.4) is 0 Å². The van der Waals surface area contributed by atoms with Gasteiger partial charge < -0.3 is 10.1 Å². The zero-order valence-electron chi connectivity index (χ0n) is 11.5. The first kappa shape index (κ1) is 13.6. The number of H-pyrrole nitrogens is 1. The van der Waals surface area contributed by atoms with Crippen molar-refractivity contribution in [3.8, 4) is 5.75 Å². The van der Waals surface area contributed by atoms with Gasteiger partial charge in [-0.15, -0.1) is 0 Å². The summed E-state index contributed by atoms with van der Waals surface area (Å²) in [5.74, 6) is 0.938. The normalized spacial score (nSPS) is 12.3. The van der Waals surface area contributed by atoms with Gasteiger partial charge in [0.05, 0.1) is 12.8 Å². The van der Waals surface area contributed by atoms with E-state index in [2.05, 4.69) is 41.5 Å². The van der Waals surface area contributed by atoms with Crippen LogP contribution in [0.4, 0.5) is 0 Å². The van der Waals surface area contributed by atoms with Crippen molar-refractivity contribution < 1.29 is 4.74 Å². The smallest absolute Gasteiger partial charge is 0.119 e. The molecule has 1 heterocycles. The lowest BCUT2D eigenvalue weighted by atomic mass is 10.1. The van der Waals surface area contributed by atoms with Crippen LogP contribution in [0.1, 0.15) is 37.4 Å². The van der Waals surface area contributed by atoms with Crippen LogP contribution in [0, 0.1) is 0 Å². The summed E-state index contributed by atoms with van der Waals surface area (Å²) in [4.78, 5) is 0. The number of aromatic amines is 1. The number of hydrogen-bond donors (Lipinski definition) is 2. The molecule has 0 amide bonds. The molecule has 0 aliphatic heterocycles. The lowest BCUT2D eigenvalue weighted by Gasteiger charge is -2.14. The van der Waals surface area contributed by atoms with Gasteiger partial charge in [0, 0.05) is 24.3 Å². The molecule has 2 rings (SSSR count). The van der Waals surface area contributed by atoms with Crippen LogP contribution in [0.15, 0.2) is 36.7 Å². The SMILES string of the molecule is CCCOc1ccc(C(C)NCc2cn[nH]c2)cc1. The van der Waals surface area contributed by atoms with E-state index in [4.69, 9.17) is 4.74 Å². The number of rotatable bonds is 7. The highest BCUT2D eigenvalue weighted by molar-refractivity contribution is 5.29. The van der Waals surface area contributed by atoms with Crippen molar-refractivity contribution in [2.24, 2.45) is 0 Å². The minimum absolute atomic E-state index is 0.301. The third-order valence-electron chi connectivity index (χ3n) is 3.02. The van der Waals surface area contributed by atoms with Gasteiger partial charge >= 0.3 is 0 Å². The molecule has 0 fully saturated rings. The second-order valence-corrected chi connectivity index (χ2v) is 4.63. The number of benzene rings is 1. The molecule has 2 aromatic rings. The first-order chi connectivity index (χ1) is 9.29. The molecular weight excluding hydrogens is 238 g/mol. The summed E-state index contributed by atoms with van der Waals surface area (Å²) in [5, 5.41) is 10.2. The summed E-state index contributed by atoms with van der Waals surface area (Å²) in [6.45, 7) is 5.84. The van der Waals surface area contributed by atoms with Gasteiger partial charge in [0.1, 0.15) is 5.75 Å². The molecule has 1 aromatic carbocycles. The second-order valence-electron chi connectivity index (χ2n) is 4.63. The fourth-order valence-electron chi connectivity index (χ4n) is 1.84. The number of nitrogens with zero attached hydrogens (tertiary/aromatic N) is 1. The Balaban J connectivity index is 1.86. The molecule has 0 bridgehead atoms. The Morgan fingerprint density at radius 1 is 1.32 bits per heavy atom. The first-order valence-corrected chi connectivity index (χ1v) is 6.73. The van der Waals surface area contributed by atoms with Gasteiger partial charge in [-0.1, -0.05) is 19.1 Å². The summed E-state index contributed by atoms with van der Waals surface area (Å²) >= 11 is 0. The summed E-state index contributed by atoms with van der Waals surface area (Å²) < 4.78 is 5.58. The van der Waals surface area contributed by atoms with E-state index in [0.29, 0.717) is 6.04 Å². The zero-order valence-corrected chi connectivity index (χ0v) is 11.5. The lowest BCUT2D eigenvalue weighted by molar-refractivity contribution is 0.317. The highest BCUT2D eigenvalue weighted by atomic mass is 16.5. The molecule has 0 spiro atoms. The molecule has 2 N–H and O–H groups in total. The van der Waals surface area contributed by atoms with Crippen LogP contribution in [-0.2, 0) is 6.54 Å². The van der Waals surface area contributed by atoms with Crippen molar-refractivity contribution in [1.82, 2.24) is 15.5 Å². The van der Waals surface area contributed by atoms with Crippen molar-refractivity contribution >= 4 is 0 Å². The van der Waals surface area contributed by atoms with E-state index in [1.165, 1.54) is 5.56 Å². The monoisotopic (exact) mass is 259 g/mol. The van der Waals surface area contributed by atoms with Crippen LogP contribution in [0.5, 0.6) is 5.75 Å². The van der Waals surface area contributed by atoms with Crippen molar-refractivity contribution in [2.45, 2.75) is 32.9 Å². The maximum Gasteiger partial charge on any atom is 0.119 e. The van der Waals surface area contributed by atoms with Crippen LogP contribution >= 0.6 is 0 Å². The van der Waals surface area contributed by atoms with E-state index < -0.39 is 0 Å². The molecule has 0 saturated carbocycles. The molecule has 0 aliphatic carbocycles. The minimum atomic E-state index is 0.301. The molecule has 1 aromatic heterocycles. The number of nitrogens with one attached hydrogen (secondary N) is 2. The first-order valence-electron chi connectivity index (χ1n) is 6.73. The molecule has 0 radical (unpaired) electrons. The Bertz CT molecular complexity index is 465. The third kappa shape index (κ3) is 4.10. The predicted molar refractivity (Wildman–Crippen MR) is 76.1 cm³/mol. The van der Waals surface area contributed by atoms with Crippen LogP contribution in [0.2, 0.25) is 0 Å². The molecule has 1 atom stereocenters. The molecular formula is C15H21N3O. The van der Waals surface area contributed by atoms with Crippen LogP contribution < -0.4 is 10.1 Å². The number of ether oxygens (including phenoxy) is 1. The third-order valence-corrected chi connectivity index (χ3v) is 3.02. The van der Waals surface area contributed by atoms with E-state index in [1.54, 1.807) is 0 Å². The van der Waals surface area contributed by atoms with Gasteiger partial charge in [0.2, 0.25) is 0 Å². The molecule has 0 aliphatic rings. The van der Waals surface area contributed by atoms with Gasteiger partial charge in [-0.3, -0.25) is 5.10 Å². The summed E-state index contributed by atoms with van der Waals surface area (Å²) in [6.07, 6.45) is 4.77. The number of aromatic nitrogens is 2. The standard InChI is InChI=1S/C15H21N3O/c1-3-8-19-15-6-4-14(5-7-15)12(2)16-9-13-10-17-18-11-13/h4-7,10-12,16H,3,8-9H2,1-2H3,(H,17,18). The maximum absolute atomic E-state index is 5.58. The highest BCUT2D eigenvalue weighted by Crippen LogP contribution is 2.18. The Kier molecular flexibility index (Phi) is 4.98. The Hall–Kier alpha value is -1.81. The van der Waals surface area contributed by atoms with Gasteiger partial charge in [-0.05, 0) is 31.0 Å². The van der Waals surface area contributed by atoms with Crippen LogP contribution in [0.25, 0.3) is 0 Å². The van der Waals surface area contributed by atoms with E-state index in [0.717, 1.165) is 30.9 Å². The Morgan fingerprint density at radius 3 is 2.74 bits per heavy atom. The molecule has 0 saturated heterocycles. The molecule has 102 valence electrons. The zero-order chi connectivity index (χ0) is 13.5. The molecule has 1 unspecified atom stereocenters. The number of hydrogen-bond acceptors (Lipinski definition) is 3. The van der Waals surface area contributed by atoms with E-state index in [9.17, 15) is 0 Å². The van der Waals surface area contributed by atoms with Crippen molar-refractivity contribution in [1.29, 1.82) is 0 Å². The predicted octanol–water partition coefficient (Wildman–Crippen LogP) is 3.05. The van der Waals surface area contributed by atoms with Gasteiger partial charge in [0.15, 0.2) is 0 Å². The highest BCUT2D eigenvalue weighted by Gasteiger charge is 2.05. The average Bonchev–Trinajstić information content (AvgIpc) is 2.96.